The minimum absolute atomic E-state index is 0.237. The van der Waals surface area contributed by atoms with E-state index in [1.165, 1.54) is 11.3 Å². The van der Waals surface area contributed by atoms with Crippen molar-refractivity contribution in [1.29, 1.82) is 0 Å². The molecule has 0 radical (unpaired) electrons. The maximum Gasteiger partial charge on any atom is 0.267 e. The molecule has 0 aliphatic carbocycles. The number of nitrogens with zero attached hydrogens (tertiary/aromatic N) is 1. The zero-order valence-electron chi connectivity index (χ0n) is 13.9. The zero-order valence-corrected chi connectivity index (χ0v) is 16.2. The van der Waals surface area contributed by atoms with Gasteiger partial charge in [-0.2, -0.15) is 0 Å². The van der Waals surface area contributed by atoms with Crippen LogP contribution in [0.4, 0.5) is 5.13 Å². The maximum absolute atomic E-state index is 12.5. The molecule has 7 heteroatoms. The minimum atomic E-state index is -0.594. The van der Waals surface area contributed by atoms with Gasteiger partial charge in [0.1, 0.15) is 5.75 Å². The van der Waals surface area contributed by atoms with Gasteiger partial charge >= 0.3 is 0 Å². The topological polar surface area (TPSA) is 51.2 Å². The minimum Gasteiger partial charge on any atom is -0.481 e. The lowest BCUT2D eigenvalue weighted by Crippen LogP contribution is -2.32. The number of amides is 1. The first-order valence-corrected chi connectivity index (χ1v) is 9.64. The van der Waals surface area contributed by atoms with Crippen molar-refractivity contribution < 1.29 is 9.53 Å². The van der Waals surface area contributed by atoms with Crippen LogP contribution in [0.2, 0.25) is 10.0 Å². The van der Waals surface area contributed by atoms with Crippen LogP contribution in [0.5, 0.6) is 5.75 Å². The predicted molar refractivity (Wildman–Crippen MR) is 107 cm³/mol. The van der Waals surface area contributed by atoms with Crippen molar-refractivity contribution in [3.63, 3.8) is 0 Å². The number of nitrogens with one attached hydrogen (secondary N) is 1. The summed E-state index contributed by atoms with van der Waals surface area (Å²) in [5.74, 6) is 0.418. The summed E-state index contributed by atoms with van der Waals surface area (Å²) in [5.41, 5.74) is 1.45. The fourth-order valence-electron chi connectivity index (χ4n) is 2.32. The number of hydrogen-bond acceptors (Lipinski definition) is 4. The first kappa shape index (κ1) is 18.7. The van der Waals surface area contributed by atoms with E-state index in [9.17, 15) is 4.79 Å². The second-order valence-corrected chi connectivity index (χ2v) is 7.18. The number of carbonyl (C=O) groups excluding carboxylic acids is 1. The third kappa shape index (κ3) is 4.55. The molecule has 1 aromatic heterocycles. The van der Waals surface area contributed by atoms with Gasteiger partial charge in [0.05, 0.1) is 10.7 Å². The molecule has 3 aromatic rings. The highest BCUT2D eigenvalue weighted by molar-refractivity contribution is 7.14. The lowest BCUT2D eigenvalue weighted by Gasteiger charge is -2.16. The Balaban J connectivity index is 1.70. The molecule has 134 valence electrons. The zero-order chi connectivity index (χ0) is 18.5. The van der Waals surface area contributed by atoms with Crippen molar-refractivity contribution in [2.75, 3.05) is 5.32 Å². The van der Waals surface area contributed by atoms with E-state index < -0.39 is 6.10 Å². The van der Waals surface area contributed by atoms with Gasteiger partial charge in [-0.3, -0.25) is 10.1 Å². The van der Waals surface area contributed by atoms with Gasteiger partial charge in [0, 0.05) is 16.0 Å². The molecule has 1 N–H and O–H groups in total. The number of aromatic nitrogens is 1. The van der Waals surface area contributed by atoms with Crippen LogP contribution in [0.25, 0.3) is 11.3 Å². The molecule has 0 aliphatic heterocycles. The van der Waals surface area contributed by atoms with Crippen molar-refractivity contribution in [3.05, 3.63) is 64.0 Å². The largest absolute Gasteiger partial charge is 0.481 e. The molecule has 0 bridgehead atoms. The van der Waals surface area contributed by atoms with Crippen LogP contribution in [-0.2, 0) is 4.79 Å². The monoisotopic (exact) mass is 406 g/mol. The van der Waals surface area contributed by atoms with Gasteiger partial charge in [-0.25, -0.2) is 4.98 Å². The van der Waals surface area contributed by atoms with Gasteiger partial charge in [-0.05, 0) is 36.8 Å². The lowest BCUT2D eigenvalue weighted by atomic mass is 10.2. The third-order valence-corrected chi connectivity index (χ3v) is 4.93. The molecule has 1 amide bonds. The van der Waals surface area contributed by atoms with Crippen LogP contribution in [-0.4, -0.2) is 17.0 Å². The molecule has 1 atom stereocenters. The van der Waals surface area contributed by atoms with Gasteiger partial charge in [0.2, 0.25) is 0 Å². The number of carbonyl (C=O) groups is 1. The first-order valence-electron chi connectivity index (χ1n) is 8.00. The van der Waals surface area contributed by atoms with E-state index in [0.717, 1.165) is 5.56 Å². The Hall–Kier alpha value is -2.08. The third-order valence-electron chi connectivity index (χ3n) is 3.63. The molecule has 2 aromatic carbocycles. The van der Waals surface area contributed by atoms with E-state index in [0.29, 0.717) is 33.0 Å². The predicted octanol–water partition coefficient (Wildman–Crippen LogP) is 5.91. The summed E-state index contributed by atoms with van der Waals surface area (Å²) in [5, 5.41) is 6.21. The molecular weight excluding hydrogens is 391 g/mol. The quantitative estimate of drug-likeness (QED) is 0.553. The number of halogens is 2. The molecule has 26 heavy (non-hydrogen) atoms. The summed E-state index contributed by atoms with van der Waals surface area (Å²) in [6.45, 7) is 1.90. The Labute approximate surface area is 165 Å². The van der Waals surface area contributed by atoms with E-state index in [4.69, 9.17) is 27.9 Å². The second-order valence-electron chi connectivity index (χ2n) is 5.48. The number of thiazole rings is 1. The SMILES string of the molecule is CC[C@H](Oc1ccccc1)C(=O)Nc1nc(-c2ccc(Cl)cc2Cl)cs1. The molecular formula is C19H16Cl2N2O2S. The van der Waals surface area contributed by atoms with E-state index in [1.54, 1.807) is 18.2 Å². The summed E-state index contributed by atoms with van der Waals surface area (Å²) < 4.78 is 5.75. The average molecular weight is 407 g/mol. The van der Waals surface area contributed by atoms with Gasteiger partial charge in [-0.15, -0.1) is 11.3 Å². The summed E-state index contributed by atoms with van der Waals surface area (Å²) >= 11 is 13.5. The Morgan fingerprint density at radius 2 is 2.00 bits per heavy atom. The smallest absolute Gasteiger partial charge is 0.267 e. The van der Waals surface area contributed by atoms with E-state index in [1.807, 2.05) is 42.6 Å². The Morgan fingerprint density at radius 3 is 2.69 bits per heavy atom. The van der Waals surface area contributed by atoms with Crippen LogP contribution in [0.15, 0.2) is 53.9 Å². The highest BCUT2D eigenvalue weighted by atomic mass is 35.5. The van der Waals surface area contributed by atoms with Crippen LogP contribution in [0, 0.1) is 0 Å². The van der Waals surface area contributed by atoms with Gasteiger partial charge in [0.15, 0.2) is 11.2 Å². The first-order chi connectivity index (χ1) is 12.6. The number of ether oxygens (including phenoxy) is 1. The summed E-state index contributed by atoms with van der Waals surface area (Å²) in [6.07, 6.45) is -0.0500. The van der Waals surface area contributed by atoms with E-state index in [2.05, 4.69) is 10.3 Å². The normalized spacial score (nSPS) is 11.8. The standard InChI is InChI=1S/C19H16Cl2N2O2S/c1-2-17(25-13-6-4-3-5-7-13)18(24)23-19-22-16(11-26-19)14-9-8-12(20)10-15(14)21/h3-11,17H,2H2,1H3,(H,22,23,24)/t17-/m0/s1. The fourth-order valence-corrected chi connectivity index (χ4v) is 3.54. The summed E-state index contributed by atoms with van der Waals surface area (Å²) in [7, 11) is 0. The van der Waals surface area contributed by atoms with E-state index in [-0.39, 0.29) is 5.91 Å². The highest BCUT2D eigenvalue weighted by Gasteiger charge is 2.20. The van der Waals surface area contributed by atoms with Crippen LogP contribution in [0.3, 0.4) is 0 Å². The van der Waals surface area contributed by atoms with Crippen molar-refractivity contribution >= 4 is 45.6 Å². The Bertz CT molecular complexity index is 900. The molecule has 0 saturated carbocycles. The van der Waals surface area contributed by atoms with Gasteiger partial charge in [0.25, 0.3) is 5.91 Å². The molecule has 0 fully saturated rings. The summed E-state index contributed by atoms with van der Waals surface area (Å²) in [4.78, 5) is 16.9. The highest BCUT2D eigenvalue weighted by Crippen LogP contribution is 2.32. The van der Waals surface area contributed by atoms with Gasteiger partial charge in [-0.1, -0.05) is 48.3 Å². The number of benzene rings is 2. The van der Waals surface area contributed by atoms with Crippen molar-refractivity contribution in [3.8, 4) is 17.0 Å². The summed E-state index contributed by atoms with van der Waals surface area (Å²) in [6, 6.07) is 14.5. The number of anilines is 1. The van der Waals surface area contributed by atoms with Gasteiger partial charge < -0.3 is 4.74 Å². The fraction of sp³-hybridized carbons (Fsp3) is 0.158. The molecule has 3 rings (SSSR count). The molecule has 0 unspecified atom stereocenters. The van der Waals surface area contributed by atoms with E-state index >= 15 is 0 Å². The number of para-hydroxylation sites is 1. The van der Waals surface area contributed by atoms with Crippen molar-refractivity contribution in [1.82, 2.24) is 4.98 Å². The maximum atomic E-state index is 12.5. The molecule has 1 heterocycles. The van der Waals surface area contributed by atoms with Crippen LogP contribution < -0.4 is 10.1 Å². The Kier molecular flexibility index (Phi) is 6.14. The average Bonchev–Trinajstić information content (AvgIpc) is 3.08. The molecule has 0 saturated heterocycles. The number of rotatable bonds is 6. The molecule has 0 aliphatic rings. The van der Waals surface area contributed by atoms with Crippen molar-refractivity contribution in [2.45, 2.75) is 19.4 Å². The Morgan fingerprint density at radius 1 is 1.23 bits per heavy atom. The number of hydrogen-bond donors (Lipinski definition) is 1. The lowest BCUT2D eigenvalue weighted by molar-refractivity contribution is -0.122. The van der Waals surface area contributed by atoms with Crippen LogP contribution >= 0.6 is 34.5 Å². The molecule has 0 spiro atoms. The second kappa shape index (κ2) is 8.54. The van der Waals surface area contributed by atoms with Crippen LogP contribution in [0.1, 0.15) is 13.3 Å². The van der Waals surface area contributed by atoms with Crippen molar-refractivity contribution in [2.24, 2.45) is 0 Å². The molecule has 4 nitrogen and oxygen atoms in total.